The number of carbonyl (C=O) groups excluding carboxylic acids is 1. The molecular weight excluding hydrogens is 254 g/mol. The van der Waals surface area contributed by atoms with Crippen LogP contribution < -0.4 is 15.8 Å². The Balaban J connectivity index is 0.00000289. The molecule has 0 unspecified atom stereocenters. The third kappa shape index (κ3) is 4.89. The lowest BCUT2D eigenvalue weighted by Crippen LogP contribution is -2.43. The Labute approximate surface area is 114 Å². The number of hydrogen-bond acceptors (Lipinski definition) is 4. The van der Waals surface area contributed by atoms with E-state index in [0.29, 0.717) is 12.4 Å². The van der Waals surface area contributed by atoms with Crippen molar-refractivity contribution >= 4 is 18.3 Å². The Hall–Kier alpha value is -1.33. The minimum absolute atomic E-state index is 0. The number of nitrogens with two attached hydrogens (primary N) is 1. The summed E-state index contributed by atoms with van der Waals surface area (Å²) < 4.78 is 4.95. The maximum absolute atomic E-state index is 11.6. The van der Waals surface area contributed by atoms with Crippen molar-refractivity contribution in [2.75, 3.05) is 7.11 Å². The van der Waals surface area contributed by atoms with Crippen LogP contribution in [0.15, 0.2) is 18.3 Å². The lowest BCUT2D eigenvalue weighted by atomic mass is 10.1. The van der Waals surface area contributed by atoms with Crippen molar-refractivity contribution in [3.63, 3.8) is 0 Å². The monoisotopic (exact) mass is 273 g/mol. The third-order valence-electron chi connectivity index (χ3n) is 2.49. The van der Waals surface area contributed by atoms with Crippen molar-refractivity contribution < 1.29 is 9.53 Å². The summed E-state index contributed by atoms with van der Waals surface area (Å²) in [5, 5.41) is 2.77. The number of nitrogens with zero attached hydrogens (tertiary/aromatic N) is 1. The lowest BCUT2D eigenvalue weighted by Gasteiger charge is -2.15. The molecule has 0 aliphatic carbocycles. The summed E-state index contributed by atoms with van der Waals surface area (Å²) in [4.78, 5) is 15.7. The van der Waals surface area contributed by atoms with Gasteiger partial charge in [-0.15, -0.1) is 12.4 Å². The van der Waals surface area contributed by atoms with E-state index < -0.39 is 6.04 Å². The maximum Gasteiger partial charge on any atom is 0.237 e. The molecule has 5 nitrogen and oxygen atoms in total. The highest BCUT2D eigenvalue weighted by atomic mass is 35.5. The minimum atomic E-state index is -0.471. The van der Waals surface area contributed by atoms with E-state index in [1.807, 2.05) is 19.9 Å². The fourth-order valence-electron chi connectivity index (χ4n) is 1.25. The summed E-state index contributed by atoms with van der Waals surface area (Å²) in [6.45, 7) is 4.26. The first kappa shape index (κ1) is 16.7. The van der Waals surface area contributed by atoms with E-state index in [2.05, 4.69) is 10.3 Å². The summed E-state index contributed by atoms with van der Waals surface area (Å²) in [7, 11) is 1.56. The quantitative estimate of drug-likeness (QED) is 0.843. The van der Waals surface area contributed by atoms with E-state index in [4.69, 9.17) is 10.5 Å². The number of nitrogens with one attached hydrogen (secondary N) is 1. The predicted octanol–water partition coefficient (Wildman–Crippen LogP) is 1.11. The van der Waals surface area contributed by atoms with Crippen molar-refractivity contribution in [1.29, 1.82) is 0 Å². The summed E-state index contributed by atoms with van der Waals surface area (Å²) >= 11 is 0. The Morgan fingerprint density at radius 1 is 1.50 bits per heavy atom. The highest BCUT2D eigenvalue weighted by molar-refractivity contribution is 5.85. The van der Waals surface area contributed by atoms with Crippen LogP contribution in [0, 0.1) is 5.92 Å². The molecule has 3 N–H and O–H groups in total. The van der Waals surface area contributed by atoms with E-state index in [9.17, 15) is 4.79 Å². The van der Waals surface area contributed by atoms with Crippen LogP contribution in [0.3, 0.4) is 0 Å². The largest absolute Gasteiger partial charge is 0.481 e. The number of amides is 1. The summed E-state index contributed by atoms with van der Waals surface area (Å²) in [5.41, 5.74) is 6.63. The molecule has 0 aliphatic rings. The molecule has 1 amide bonds. The van der Waals surface area contributed by atoms with Crippen LogP contribution in [0.2, 0.25) is 0 Å². The van der Waals surface area contributed by atoms with Gasteiger partial charge in [-0.25, -0.2) is 4.98 Å². The first-order valence-electron chi connectivity index (χ1n) is 5.56. The van der Waals surface area contributed by atoms with E-state index in [0.717, 1.165) is 5.56 Å². The van der Waals surface area contributed by atoms with Gasteiger partial charge in [0.2, 0.25) is 11.8 Å². The molecule has 1 aromatic heterocycles. The van der Waals surface area contributed by atoms with Gasteiger partial charge in [-0.2, -0.15) is 0 Å². The molecule has 0 saturated carbocycles. The molecule has 1 rings (SSSR count). The van der Waals surface area contributed by atoms with Gasteiger partial charge < -0.3 is 15.8 Å². The van der Waals surface area contributed by atoms with Crippen LogP contribution in [-0.2, 0) is 11.3 Å². The van der Waals surface area contributed by atoms with Crippen LogP contribution in [-0.4, -0.2) is 24.0 Å². The van der Waals surface area contributed by atoms with E-state index >= 15 is 0 Å². The number of methoxy groups -OCH3 is 1. The smallest absolute Gasteiger partial charge is 0.237 e. The van der Waals surface area contributed by atoms with Crippen LogP contribution in [0.4, 0.5) is 0 Å². The van der Waals surface area contributed by atoms with E-state index in [1.54, 1.807) is 19.4 Å². The molecule has 0 fully saturated rings. The molecule has 1 aromatic rings. The first-order valence-corrected chi connectivity index (χ1v) is 5.56. The second-order valence-electron chi connectivity index (χ2n) is 4.20. The van der Waals surface area contributed by atoms with Gasteiger partial charge in [-0.05, 0) is 11.5 Å². The van der Waals surface area contributed by atoms with Crippen molar-refractivity contribution in [3.8, 4) is 5.88 Å². The number of carbonyl (C=O) groups is 1. The normalized spacial score (nSPS) is 11.6. The van der Waals surface area contributed by atoms with Crippen molar-refractivity contribution in [3.05, 3.63) is 23.9 Å². The molecule has 102 valence electrons. The number of halogens is 1. The molecule has 1 atom stereocenters. The number of rotatable bonds is 5. The SMILES string of the molecule is COc1ccc(CNC(=O)[C@@H](N)C(C)C)cn1.Cl. The molecule has 0 spiro atoms. The number of hydrogen-bond donors (Lipinski definition) is 2. The molecule has 18 heavy (non-hydrogen) atoms. The number of ether oxygens (including phenoxy) is 1. The zero-order chi connectivity index (χ0) is 12.8. The van der Waals surface area contributed by atoms with Gasteiger partial charge >= 0.3 is 0 Å². The molecule has 0 bridgehead atoms. The van der Waals surface area contributed by atoms with Crippen molar-refractivity contribution in [2.45, 2.75) is 26.4 Å². The molecular formula is C12H20ClN3O2. The second kappa shape index (κ2) is 7.89. The molecule has 0 saturated heterocycles. The van der Waals surface area contributed by atoms with Gasteiger partial charge in [0.05, 0.1) is 13.2 Å². The number of aromatic nitrogens is 1. The van der Waals surface area contributed by atoms with Crippen molar-refractivity contribution in [1.82, 2.24) is 10.3 Å². The Morgan fingerprint density at radius 2 is 2.17 bits per heavy atom. The molecule has 6 heteroatoms. The van der Waals surface area contributed by atoms with Crippen molar-refractivity contribution in [2.24, 2.45) is 11.7 Å². The number of pyridine rings is 1. The summed E-state index contributed by atoms with van der Waals surface area (Å²) in [5.74, 6) is 0.541. The highest BCUT2D eigenvalue weighted by Crippen LogP contribution is 2.06. The fraction of sp³-hybridized carbons (Fsp3) is 0.500. The minimum Gasteiger partial charge on any atom is -0.481 e. The molecule has 0 aliphatic heterocycles. The average molecular weight is 274 g/mol. The van der Waals surface area contributed by atoms with Crippen LogP contribution >= 0.6 is 12.4 Å². The zero-order valence-corrected chi connectivity index (χ0v) is 11.7. The van der Waals surface area contributed by atoms with Crippen LogP contribution in [0.5, 0.6) is 5.88 Å². The lowest BCUT2D eigenvalue weighted by molar-refractivity contribution is -0.123. The predicted molar refractivity (Wildman–Crippen MR) is 72.7 cm³/mol. The van der Waals surface area contributed by atoms with Gasteiger partial charge in [0.15, 0.2) is 0 Å². The van der Waals surface area contributed by atoms with E-state index in [1.165, 1.54) is 0 Å². The standard InChI is InChI=1S/C12H19N3O2.ClH/c1-8(2)11(13)12(16)15-7-9-4-5-10(17-3)14-6-9;/h4-6,8,11H,7,13H2,1-3H3,(H,15,16);1H/t11-;/m0./s1. The second-order valence-corrected chi connectivity index (χ2v) is 4.20. The van der Waals surface area contributed by atoms with Crippen LogP contribution in [0.25, 0.3) is 0 Å². The Bertz CT molecular complexity index is 368. The van der Waals surface area contributed by atoms with Gasteiger partial charge in [0.25, 0.3) is 0 Å². The molecule has 1 heterocycles. The Kier molecular flexibility index (Phi) is 7.31. The summed E-state index contributed by atoms with van der Waals surface area (Å²) in [6, 6.07) is 3.14. The van der Waals surface area contributed by atoms with Gasteiger partial charge in [0, 0.05) is 18.8 Å². The Morgan fingerprint density at radius 3 is 2.61 bits per heavy atom. The average Bonchev–Trinajstić information content (AvgIpc) is 2.35. The van der Waals surface area contributed by atoms with Gasteiger partial charge in [0.1, 0.15) is 0 Å². The van der Waals surface area contributed by atoms with Gasteiger partial charge in [-0.1, -0.05) is 19.9 Å². The first-order chi connectivity index (χ1) is 8.04. The molecule has 0 radical (unpaired) electrons. The summed E-state index contributed by atoms with van der Waals surface area (Å²) in [6.07, 6.45) is 1.67. The molecule has 0 aromatic carbocycles. The zero-order valence-electron chi connectivity index (χ0n) is 10.8. The topological polar surface area (TPSA) is 77.2 Å². The fourth-order valence-corrected chi connectivity index (χ4v) is 1.25. The van der Waals surface area contributed by atoms with E-state index in [-0.39, 0.29) is 24.2 Å². The van der Waals surface area contributed by atoms with Gasteiger partial charge in [-0.3, -0.25) is 4.79 Å². The third-order valence-corrected chi connectivity index (χ3v) is 2.49. The maximum atomic E-state index is 11.6. The highest BCUT2D eigenvalue weighted by Gasteiger charge is 2.16. The van der Waals surface area contributed by atoms with Crippen LogP contribution in [0.1, 0.15) is 19.4 Å².